The fraction of sp³-hybridized carbons (Fsp3) is 0.500. The summed E-state index contributed by atoms with van der Waals surface area (Å²) in [6.07, 6.45) is 0.0927. The van der Waals surface area contributed by atoms with Crippen molar-refractivity contribution >= 4 is 0 Å². The standard InChI is InChI=1S/C12H17F2N/c1-11(2,15)8-9-12(13,14)10-6-4-3-5-7-10/h3-7H,8-9,15H2,1-2H3. The first-order valence-electron chi connectivity index (χ1n) is 5.03. The van der Waals surface area contributed by atoms with Crippen LogP contribution in [0, 0.1) is 0 Å². The monoisotopic (exact) mass is 213 g/mol. The molecular weight excluding hydrogens is 196 g/mol. The van der Waals surface area contributed by atoms with E-state index in [2.05, 4.69) is 0 Å². The van der Waals surface area contributed by atoms with Gasteiger partial charge in [0.1, 0.15) is 0 Å². The van der Waals surface area contributed by atoms with E-state index in [1.165, 1.54) is 12.1 Å². The fourth-order valence-electron chi connectivity index (χ4n) is 1.31. The van der Waals surface area contributed by atoms with E-state index in [-0.39, 0.29) is 12.0 Å². The molecule has 0 aliphatic carbocycles. The third-order valence-corrected chi connectivity index (χ3v) is 2.28. The molecule has 0 aliphatic heterocycles. The number of hydrogen-bond acceptors (Lipinski definition) is 1. The molecule has 84 valence electrons. The third-order valence-electron chi connectivity index (χ3n) is 2.28. The molecule has 0 atom stereocenters. The second-order valence-electron chi connectivity index (χ2n) is 4.56. The van der Waals surface area contributed by atoms with Crippen molar-refractivity contribution in [3.63, 3.8) is 0 Å². The van der Waals surface area contributed by atoms with Gasteiger partial charge in [-0.2, -0.15) is 0 Å². The van der Waals surface area contributed by atoms with Gasteiger partial charge in [0.2, 0.25) is 0 Å². The molecule has 0 spiro atoms. The zero-order chi connectivity index (χ0) is 11.5. The Bertz CT molecular complexity index is 301. The molecule has 0 aromatic heterocycles. The van der Waals surface area contributed by atoms with E-state index in [1.807, 2.05) is 0 Å². The lowest BCUT2D eigenvalue weighted by Gasteiger charge is -2.23. The van der Waals surface area contributed by atoms with Crippen LogP contribution in [-0.2, 0) is 5.92 Å². The first-order chi connectivity index (χ1) is 6.81. The van der Waals surface area contributed by atoms with Crippen molar-refractivity contribution in [2.75, 3.05) is 0 Å². The fourth-order valence-corrected chi connectivity index (χ4v) is 1.31. The van der Waals surface area contributed by atoms with E-state index in [4.69, 9.17) is 5.73 Å². The minimum atomic E-state index is -2.78. The first kappa shape index (κ1) is 12.1. The SMILES string of the molecule is CC(C)(N)CCC(F)(F)c1ccccc1. The van der Waals surface area contributed by atoms with Crippen LogP contribution in [0.5, 0.6) is 0 Å². The lowest BCUT2D eigenvalue weighted by molar-refractivity contribution is -0.0195. The van der Waals surface area contributed by atoms with Crippen LogP contribution in [0.25, 0.3) is 0 Å². The predicted octanol–water partition coefficient (Wildman–Crippen LogP) is 3.30. The van der Waals surface area contributed by atoms with Gasteiger partial charge in [0, 0.05) is 17.5 Å². The van der Waals surface area contributed by atoms with Crippen molar-refractivity contribution in [3.8, 4) is 0 Å². The van der Waals surface area contributed by atoms with Gasteiger partial charge in [-0.15, -0.1) is 0 Å². The highest BCUT2D eigenvalue weighted by molar-refractivity contribution is 5.19. The van der Waals surface area contributed by atoms with E-state index in [1.54, 1.807) is 32.0 Å². The summed E-state index contributed by atoms with van der Waals surface area (Å²) < 4.78 is 27.3. The normalized spacial score (nSPS) is 12.9. The van der Waals surface area contributed by atoms with Gasteiger partial charge in [0.15, 0.2) is 0 Å². The second kappa shape index (κ2) is 4.27. The Morgan fingerprint density at radius 3 is 2.07 bits per heavy atom. The summed E-state index contributed by atoms with van der Waals surface area (Å²) in [4.78, 5) is 0. The highest BCUT2D eigenvalue weighted by atomic mass is 19.3. The number of alkyl halides is 2. The average molecular weight is 213 g/mol. The topological polar surface area (TPSA) is 26.0 Å². The Labute approximate surface area is 89.3 Å². The van der Waals surface area contributed by atoms with Crippen molar-refractivity contribution in [2.45, 2.75) is 38.2 Å². The minimum absolute atomic E-state index is 0.0641. The van der Waals surface area contributed by atoms with Gasteiger partial charge in [-0.25, -0.2) is 8.78 Å². The molecule has 0 saturated heterocycles. The molecular formula is C12H17F2N. The molecule has 2 N–H and O–H groups in total. The molecule has 0 heterocycles. The molecule has 0 bridgehead atoms. The van der Waals surface area contributed by atoms with Crippen LogP contribution < -0.4 is 5.73 Å². The Kier molecular flexibility index (Phi) is 3.45. The highest BCUT2D eigenvalue weighted by Gasteiger charge is 2.32. The van der Waals surface area contributed by atoms with Crippen LogP contribution in [-0.4, -0.2) is 5.54 Å². The van der Waals surface area contributed by atoms with Crippen molar-refractivity contribution in [3.05, 3.63) is 35.9 Å². The smallest absolute Gasteiger partial charge is 0.273 e. The van der Waals surface area contributed by atoms with Crippen molar-refractivity contribution in [1.82, 2.24) is 0 Å². The molecule has 0 fully saturated rings. The highest BCUT2D eigenvalue weighted by Crippen LogP contribution is 2.34. The maximum Gasteiger partial charge on any atom is 0.273 e. The molecule has 0 saturated carbocycles. The third kappa shape index (κ3) is 3.96. The number of hydrogen-bond donors (Lipinski definition) is 1. The molecule has 0 unspecified atom stereocenters. The van der Waals surface area contributed by atoms with E-state index in [0.717, 1.165) is 0 Å². The van der Waals surface area contributed by atoms with E-state index >= 15 is 0 Å². The van der Waals surface area contributed by atoms with Crippen LogP contribution in [0.15, 0.2) is 30.3 Å². The van der Waals surface area contributed by atoms with Crippen LogP contribution in [0.4, 0.5) is 8.78 Å². The molecule has 0 radical (unpaired) electrons. The Morgan fingerprint density at radius 2 is 1.60 bits per heavy atom. The van der Waals surface area contributed by atoms with E-state index in [9.17, 15) is 8.78 Å². The lowest BCUT2D eigenvalue weighted by atomic mass is 9.94. The van der Waals surface area contributed by atoms with Crippen LogP contribution in [0.3, 0.4) is 0 Å². The minimum Gasteiger partial charge on any atom is -0.326 e. The molecule has 1 aromatic carbocycles. The predicted molar refractivity (Wildman–Crippen MR) is 57.8 cm³/mol. The van der Waals surface area contributed by atoms with Gasteiger partial charge in [-0.3, -0.25) is 0 Å². The van der Waals surface area contributed by atoms with Crippen molar-refractivity contribution in [2.24, 2.45) is 5.73 Å². The van der Waals surface area contributed by atoms with Gasteiger partial charge in [-0.1, -0.05) is 30.3 Å². The van der Waals surface area contributed by atoms with Crippen molar-refractivity contribution in [1.29, 1.82) is 0 Å². The van der Waals surface area contributed by atoms with Gasteiger partial charge in [0.25, 0.3) is 5.92 Å². The van der Waals surface area contributed by atoms with Crippen LogP contribution in [0.1, 0.15) is 32.3 Å². The quantitative estimate of drug-likeness (QED) is 0.816. The van der Waals surface area contributed by atoms with Crippen molar-refractivity contribution < 1.29 is 8.78 Å². The van der Waals surface area contributed by atoms with E-state index in [0.29, 0.717) is 6.42 Å². The molecule has 3 heteroatoms. The molecule has 1 aromatic rings. The Balaban J connectivity index is 2.68. The molecule has 1 nitrogen and oxygen atoms in total. The summed E-state index contributed by atoms with van der Waals surface area (Å²) in [7, 11) is 0. The van der Waals surface area contributed by atoms with Crippen LogP contribution in [0.2, 0.25) is 0 Å². The summed E-state index contributed by atoms with van der Waals surface area (Å²) in [6, 6.07) is 7.87. The van der Waals surface area contributed by atoms with Gasteiger partial charge in [-0.05, 0) is 20.3 Å². The molecule has 0 amide bonds. The summed E-state index contributed by atoms with van der Waals surface area (Å²) >= 11 is 0. The summed E-state index contributed by atoms with van der Waals surface area (Å²) in [5, 5.41) is 0. The summed E-state index contributed by atoms with van der Waals surface area (Å²) in [5.41, 5.74) is 5.21. The first-order valence-corrected chi connectivity index (χ1v) is 5.03. The van der Waals surface area contributed by atoms with Crippen LogP contribution >= 0.6 is 0 Å². The van der Waals surface area contributed by atoms with E-state index < -0.39 is 11.5 Å². The molecule has 1 rings (SSSR count). The average Bonchev–Trinajstić information content (AvgIpc) is 2.16. The second-order valence-corrected chi connectivity index (χ2v) is 4.56. The maximum absolute atomic E-state index is 13.6. The van der Waals surface area contributed by atoms with Gasteiger partial charge < -0.3 is 5.73 Å². The van der Waals surface area contributed by atoms with Gasteiger partial charge in [0.05, 0.1) is 0 Å². The largest absolute Gasteiger partial charge is 0.326 e. The molecule has 15 heavy (non-hydrogen) atoms. The molecule has 0 aliphatic rings. The maximum atomic E-state index is 13.6. The lowest BCUT2D eigenvalue weighted by Crippen LogP contribution is -2.33. The number of halogens is 2. The zero-order valence-corrected chi connectivity index (χ0v) is 9.13. The Hall–Kier alpha value is -0.960. The summed E-state index contributed by atoms with van der Waals surface area (Å²) in [6.45, 7) is 3.52. The Morgan fingerprint density at radius 1 is 1.07 bits per heavy atom. The number of nitrogens with two attached hydrogens (primary N) is 1. The van der Waals surface area contributed by atoms with Gasteiger partial charge >= 0.3 is 0 Å². The number of rotatable bonds is 4. The number of benzene rings is 1. The summed E-state index contributed by atoms with van der Waals surface area (Å²) in [5.74, 6) is -2.78. The zero-order valence-electron chi connectivity index (χ0n) is 9.13.